The van der Waals surface area contributed by atoms with Crippen LogP contribution in [0.25, 0.3) is 0 Å². The Balaban J connectivity index is 2.39. The number of hydrogen-bond donors (Lipinski definition) is 0. The molecule has 2 aromatic carbocycles. The summed E-state index contributed by atoms with van der Waals surface area (Å²) < 4.78 is 13.4. The van der Waals surface area contributed by atoms with Crippen LogP contribution >= 0.6 is 15.9 Å². The van der Waals surface area contributed by atoms with Crippen molar-refractivity contribution in [3.63, 3.8) is 0 Å². The Labute approximate surface area is 133 Å². The van der Waals surface area contributed by atoms with Gasteiger partial charge in [-0.15, -0.1) is 0 Å². The molecular formula is C18H18BrFO. The quantitative estimate of drug-likeness (QED) is 0.546. The second kappa shape index (κ2) is 6.10. The first-order chi connectivity index (χ1) is 9.82. The third kappa shape index (κ3) is 3.59. The van der Waals surface area contributed by atoms with Gasteiger partial charge in [0.2, 0.25) is 0 Å². The molecule has 2 aromatic rings. The van der Waals surface area contributed by atoms with E-state index in [2.05, 4.69) is 36.7 Å². The maximum absolute atomic E-state index is 13.4. The van der Waals surface area contributed by atoms with Crippen molar-refractivity contribution in [2.24, 2.45) is 0 Å². The molecule has 3 heteroatoms. The summed E-state index contributed by atoms with van der Waals surface area (Å²) >= 11 is 3.34. The Bertz CT molecular complexity index is 654. The van der Waals surface area contributed by atoms with Gasteiger partial charge in [-0.3, -0.25) is 4.79 Å². The molecule has 0 atom stereocenters. The predicted octanol–water partition coefficient (Wildman–Crippen LogP) is 5.25. The monoisotopic (exact) mass is 348 g/mol. The van der Waals surface area contributed by atoms with Crippen molar-refractivity contribution in [3.8, 4) is 0 Å². The molecule has 0 bridgehead atoms. The number of ketones is 1. The second-order valence-corrected chi connectivity index (χ2v) is 6.65. The maximum Gasteiger partial charge on any atom is 0.193 e. The zero-order valence-electron chi connectivity index (χ0n) is 12.4. The molecule has 0 fully saturated rings. The van der Waals surface area contributed by atoms with Crippen molar-refractivity contribution in [1.82, 2.24) is 0 Å². The van der Waals surface area contributed by atoms with E-state index in [9.17, 15) is 9.18 Å². The molecule has 0 saturated heterocycles. The maximum atomic E-state index is 13.4. The van der Waals surface area contributed by atoms with Gasteiger partial charge in [-0.05, 0) is 28.7 Å². The lowest BCUT2D eigenvalue weighted by atomic mass is 9.86. The number of carbonyl (C=O) groups excluding carboxylic acids is 1. The molecule has 21 heavy (non-hydrogen) atoms. The highest BCUT2D eigenvalue weighted by Crippen LogP contribution is 2.24. The minimum atomic E-state index is -0.394. The van der Waals surface area contributed by atoms with Crippen LogP contribution in [-0.4, -0.2) is 5.78 Å². The smallest absolute Gasteiger partial charge is 0.193 e. The molecule has 0 heterocycles. The predicted molar refractivity (Wildman–Crippen MR) is 87.6 cm³/mol. The van der Waals surface area contributed by atoms with Crippen molar-refractivity contribution in [2.75, 3.05) is 0 Å². The first-order valence-corrected chi connectivity index (χ1v) is 7.94. The van der Waals surface area contributed by atoms with Crippen LogP contribution in [0.3, 0.4) is 0 Å². The lowest BCUT2D eigenvalue weighted by molar-refractivity contribution is 0.103. The summed E-state index contributed by atoms with van der Waals surface area (Å²) in [7, 11) is 0. The molecule has 0 aliphatic carbocycles. The third-order valence-electron chi connectivity index (χ3n) is 3.47. The normalized spacial score (nSPS) is 11.5. The topological polar surface area (TPSA) is 17.1 Å². The van der Waals surface area contributed by atoms with E-state index in [1.165, 1.54) is 17.7 Å². The van der Waals surface area contributed by atoms with Crippen molar-refractivity contribution < 1.29 is 9.18 Å². The number of benzene rings is 2. The number of halogens is 2. The van der Waals surface area contributed by atoms with E-state index < -0.39 is 5.82 Å². The Hall–Kier alpha value is -1.48. The molecular weight excluding hydrogens is 331 g/mol. The van der Waals surface area contributed by atoms with Crippen LogP contribution in [0.2, 0.25) is 0 Å². The van der Waals surface area contributed by atoms with Crippen LogP contribution < -0.4 is 0 Å². The Kier molecular flexibility index (Phi) is 4.62. The molecule has 0 unspecified atom stereocenters. The van der Waals surface area contributed by atoms with Gasteiger partial charge in [0.1, 0.15) is 5.82 Å². The van der Waals surface area contributed by atoms with Gasteiger partial charge in [0.15, 0.2) is 5.78 Å². The van der Waals surface area contributed by atoms with Gasteiger partial charge >= 0.3 is 0 Å². The highest BCUT2D eigenvalue weighted by molar-refractivity contribution is 9.08. The zero-order chi connectivity index (χ0) is 15.6. The van der Waals surface area contributed by atoms with Gasteiger partial charge in [0.25, 0.3) is 0 Å². The summed E-state index contributed by atoms with van der Waals surface area (Å²) in [4.78, 5) is 12.6. The Morgan fingerprint density at radius 2 is 1.71 bits per heavy atom. The summed E-state index contributed by atoms with van der Waals surface area (Å²) in [6, 6.07) is 11.9. The molecule has 1 nitrogen and oxygen atoms in total. The lowest BCUT2D eigenvalue weighted by Crippen LogP contribution is -2.12. The fraction of sp³-hybridized carbons (Fsp3) is 0.278. The number of rotatable bonds is 3. The molecule has 0 radical (unpaired) electrons. The SMILES string of the molecule is CC(C)(C)c1ccc(C(=O)c2cc(F)ccc2CBr)cc1. The highest BCUT2D eigenvalue weighted by Gasteiger charge is 2.17. The highest BCUT2D eigenvalue weighted by atomic mass is 79.9. The van der Waals surface area contributed by atoms with Crippen LogP contribution in [0.4, 0.5) is 4.39 Å². The summed E-state index contributed by atoms with van der Waals surface area (Å²) in [6.45, 7) is 6.37. The lowest BCUT2D eigenvalue weighted by Gasteiger charge is -2.19. The Morgan fingerprint density at radius 3 is 2.24 bits per heavy atom. The van der Waals surface area contributed by atoms with Gasteiger partial charge in [-0.1, -0.05) is 67.0 Å². The fourth-order valence-electron chi connectivity index (χ4n) is 2.15. The first kappa shape index (κ1) is 15.9. The van der Waals surface area contributed by atoms with E-state index in [1.807, 2.05) is 24.3 Å². The van der Waals surface area contributed by atoms with Crippen molar-refractivity contribution in [3.05, 3.63) is 70.5 Å². The summed E-state index contributed by atoms with van der Waals surface area (Å²) in [5.41, 5.74) is 2.99. The summed E-state index contributed by atoms with van der Waals surface area (Å²) in [5.74, 6) is -0.543. The van der Waals surface area contributed by atoms with Gasteiger partial charge < -0.3 is 0 Å². The van der Waals surface area contributed by atoms with Gasteiger partial charge in [-0.25, -0.2) is 4.39 Å². The van der Waals surface area contributed by atoms with Crippen molar-refractivity contribution >= 4 is 21.7 Å². The van der Waals surface area contributed by atoms with E-state index in [0.717, 1.165) is 5.56 Å². The average Bonchev–Trinajstić information content (AvgIpc) is 2.45. The molecule has 0 aliphatic rings. The molecule has 110 valence electrons. The molecule has 0 aliphatic heterocycles. The summed E-state index contributed by atoms with van der Waals surface area (Å²) in [5, 5.41) is 0.522. The minimum absolute atomic E-state index is 0.0431. The van der Waals surface area contributed by atoms with E-state index in [4.69, 9.17) is 0 Å². The van der Waals surface area contributed by atoms with Crippen LogP contribution in [0, 0.1) is 5.82 Å². The number of hydrogen-bond acceptors (Lipinski definition) is 1. The third-order valence-corrected chi connectivity index (χ3v) is 4.08. The number of alkyl halides is 1. The summed E-state index contributed by atoms with van der Waals surface area (Å²) in [6.07, 6.45) is 0. The molecule has 0 spiro atoms. The molecule has 2 rings (SSSR count). The van der Waals surface area contributed by atoms with E-state index in [1.54, 1.807) is 6.07 Å². The van der Waals surface area contributed by atoms with E-state index in [-0.39, 0.29) is 11.2 Å². The van der Waals surface area contributed by atoms with Gasteiger partial charge in [0, 0.05) is 16.5 Å². The van der Waals surface area contributed by atoms with Crippen LogP contribution in [-0.2, 0) is 10.7 Å². The minimum Gasteiger partial charge on any atom is -0.289 e. The zero-order valence-corrected chi connectivity index (χ0v) is 14.0. The average molecular weight is 349 g/mol. The molecule has 0 aromatic heterocycles. The molecule has 0 saturated carbocycles. The fourth-order valence-corrected chi connectivity index (χ4v) is 2.64. The van der Waals surface area contributed by atoms with E-state index in [0.29, 0.717) is 16.5 Å². The second-order valence-electron chi connectivity index (χ2n) is 6.09. The first-order valence-electron chi connectivity index (χ1n) is 6.82. The van der Waals surface area contributed by atoms with Crippen LogP contribution in [0.5, 0.6) is 0 Å². The Morgan fingerprint density at radius 1 is 1.10 bits per heavy atom. The van der Waals surface area contributed by atoms with Crippen molar-refractivity contribution in [2.45, 2.75) is 31.5 Å². The van der Waals surface area contributed by atoms with Gasteiger partial charge in [0.05, 0.1) is 0 Å². The van der Waals surface area contributed by atoms with Crippen molar-refractivity contribution in [1.29, 1.82) is 0 Å². The largest absolute Gasteiger partial charge is 0.289 e. The molecule has 0 N–H and O–H groups in total. The van der Waals surface area contributed by atoms with Gasteiger partial charge in [-0.2, -0.15) is 0 Å². The number of carbonyl (C=O) groups is 1. The van der Waals surface area contributed by atoms with Crippen LogP contribution in [0.15, 0.2) is 42.5 Å². The van der Waals surface area contributed by atoms with E-state index >= 15 is 0 Å². The molecule has 0 amide bonds. The standard InChI is InChI=1S/C18H18BrFO/c1-18(2,3)14-7-4-12(5-8-14)17(21)16-10-15(20)9-6-13(16)11-19/h4-10H,11H2,1-3H3. The van der Waals surface area contributed by atoms with Crippen LogP contribution in [0.1, 0.15) is 47.8 Å².